The molecule has 0 bridgehead atoms. The van der Waals surface area contributed by atoms with Gasteiger partial charge in [0.15, 0.2) is 6.20 Å². The summed E-state index contributed by atoms with van der Waals surface area (Å²) < 4.78 is 33.3. The highest BCUT2D eigenvalue weighted by Gasteiger charge is 2.21. The van der Waals surface area contributed by atoms with Gasteiger partial charge in [0.25, 0.3) is 10.1 Å². The van der Waals surface area contributed by atoms with Crippen LogP contribution in [-0.4, -0.2) is 23.7 Å². The van der Waals surface area contributed by atoms with Gasteiger partial charge in [0.2, 0.25) is 5.69 Å². The van der Waals surface area contributed by atoms with Crippen molar-refractivity contribution < 1.29 is 17.5 Å². The molecule has 0 fully saturated rings. The molecule has 136 valence electrons. The molecular formula is C21H19N2O3S+. The van der Waals surface area contributed by atoms with Crippen molar-refractivity contribution in [2.45, 2.75) is 13.0 Å². The Kier molecular flexibility index (Phi) is 4.59. The van der Waals surface area contributed by atoms with Crippen LogP contribution < -0.4 is 4.57 Å². The van der Waals surface area contributed by atoms with Gasteiger partial charge in [0.1, 0.15) is 12.2 Å². The molecule has 0 aliphatic rings. The molecule has 0 aliphatic heterocycles. The van der Waals surface area contributed by atoms with E-state index in [9.17, 15) is 8.42 Å². The van der Waals surface area contributed by atoms with Crippen LogP contribution in [0, 0.1) is 0 Å². The standard InChI is InChI=1S/C21H18N2O3S/c24-27(25,26)15-5-13-23-14-11-17-7-2-4-9-19(17)21(23)20-18-8-3-1-6-16(18)10-12-22-20/h1-4,6-12,14H,5,13,15H2/p+1. The van der Waals surface area contributed by atoms with Gasteiger partial charge in [0, 0.05) is 24.1 Å². The van der Waals surface area contributed by atoms with E-state index in [0.717, 1.165) is 32.9 Å². The summed E-state index contributed by atoms with van der Waals surface area (Å²) in [6.45, 7) is 0.463. The molecule has 2 aromatic carbocycles. The lowest BCUT2D eigenvalue weighted by Gasteiger charge is -2.09. The van der Waals surface area contributed by atoms with Crippen LogP contribution in [0.2, 0.25) is 0 Å². The van der Waals surface area contributed by atoms with Crippen LogP contribution in [0.25, 0.3) is 32.9 Å². The van der Waals surface area contributed by atoms with Crippen molar-refractivity contribution in [3.8, 4) is 11.4 Å². The van der Waals surface area contributed by atoms with Crippen LogP contribution in [0.5, 0.6) is 0 Å². The van der Waals surface area contributed by atoms with Crippen molar-refractivity contribution in [3.05, 3.63) is 73.1 Å². The van der Waals surface area contributed by atoms with E-state index in [1.54, 1.807) is 6.20 Å². The Morgan fingerprint density at radius 3 is 2.30 bits per heavy atom. The highest BCUT2D eigenvalue weighted by Crippen LogP contribution is 2.29. The lowest BCUT2D eigenvalue weighted by molar-refractivity contribution is -0.685. The molecular weight excluding hydrogens is 360 g/mol. The van der Waals surface area contributed by atoms with E-state index in [4.69, 9.17) is 4.55 Å². The third-order valence-electron chi connectivity index (χ3n) is 4.64. The van der Waals surface area contributed by atoms with E-state index < -0.39 is 10.1 Å². The van der Waals surface area contributed by atoms with Crippen molar-refractivity contribution in [1.29, 1.82) is 0 Å². The number of hydrogen-bond donors (Lipinski definition) is 1. The van der Waals surface area contributed by atoms with Crippen LogP contribution in [0.15, 0.2) is 73.1 Å². The first-order valence-electron chi connectivity index (χ1n) is 8.73. The number of benzene rings is 2. The minimum Gasteiger partial charge on any atom is -0.286 e. The number of nitrogens with zero attached hydrogens (tertiary/aromatic N) is 2. The summed E-state index contributed by atoms with van der Waals surface area (Å²) in [6, 6.07) is 20.1. The molecule has 1 N–H and O–H groups in total. The number of pyridine rings is 2. The fourth-order valence-corrected chi connectivity index (χ4v) is 3.93. The van der Waals surface area contributed by atoms with Gasteiger partial charge in [-0.2, -0.15) is 13.0 Å². The zero-order valence-electron chi connectivity index (χ0n) is 14.6. The lowest BCUT2D eigenvalue weighted by atomic mass is 10.0. The van der Waals surface area contributed by atoms with E-state index in [-0.39, 0.29) is 5.75 Å². The lowest BCUT2D eigenvalue weighted by Crippen LogP contribution is -2.37. The first-order chi connectivity index (χ1) is 13.0. The zero-order chi connectivity index (χ0) is 18.9. The van der Waals surface area contributed by atoms with E-state index >= 15 is 0 Å². The minimum atomic E-state index is -3.98. The summed E-state index contributed by atoms with van der Waals surface area (Å²) >= 11 is 0. The molecule has 0 spiro atoms. The summed E-state index contributed by atoms with van der Waals surface area (Å²) in [6.07, 6.45) is 4.06. The number of rotatable bonds is 5. The molecule has 0 saturated heterocycles. The van der Waals surface area contributed by atoms with E-state index in [1.807, 2.05) is 71.4 Å². The van der Waals surface area contributed by atoms with E-state index in [1.165, 1.54) is 0 Å². The van der Waals surface area contributed by atoms with Gasteiger partial charge in [-0.3, -0.25) is 4.55 Å². The molecule has 27 heavy (non-hydrogen) atoms. The summed E-state index contributed by atoms with van der Waals surface area (Å²) in [5.41, 5.74) is 1.80. The van der Waals surface area contributed by atoms with E-state index in [0.29, 0.717) is 13.0 Å². The summed E-state index contributed by atoms with van der Waals surface area (Å²) in [5, 5.41) is 4.28. The molecule has 0 radical (unpaired) electrons. The predicted molar refractivity (Wildman–Crippen MR) is 106 cm³/mol. The van der Waals surface area contributed by atoms with Gasteiger partial charge < -0.3 is 0 Å². The highest BCUT2D eigenvalue weighted by molar-refractivity contribution is 7.85. The maximum Gasteiger partial charge on any atom is 0.265 e. The zero-order valence-corrected chi connectivity index (χ0v) is 15.4. The predicted octanol–water partition coefficient (Wildman–Crippen LogP) is 3.62. The molecule has 0 saturated carbocycles. The largest absolute Gasteiger partial charge is 0.286 e. The Labute approximate surface area is 157 Å². The van der Waals surface area contributed by atoms with Crippen molar-refractivity contribution in [3.63, 3.8) is 0 Å². The molecule has 0 amide bonds. The molecule has 2 heterocycles. The number of aryl methyl sites for hydroxylation is 1. The van der Waals surface area contributed by atoms with E-state index in [2.05, 4.69) is 4.98 Å². The van der Waals surface area contributed by atoms with Crippen molar-refractivity contribution >= 4 is 31.7 Å². The number of fused-ring (bicyclic) bond motifs is 2. The second kappa shape index (κ2) is 7.06. The molecule has 0 aliphatic carbocycles. The van der Waals surface area contributed by atoms with Crippen LogP contribution in [0.3, 0.4) is 0 Å². The fourth-order valence-electron chi connectivity index (χ4n) is 3.43. The van der Waals surface area contributed by atoms with Gasteiger partial charge in [-0.25, -0.2) is 4.98 Å². The maximum atomic E-state index is 11.1. The Morgan fingerprint density at radius 1 is 0.889 bits per heavy atom. The van der Waals surface area contributed by atoms with Crippen LogP contribution in [-0.2, 0) is 16.7 Å². The normalized spacial score (nSPS) is 11.9. The van der Waals surface area contributed by atoms with Gasteiger partial charge in [0.05, 0.1) is 11.1 Å². The summed E-state index contributed by atoms with van der Waals surface area (Å²) in [5.74, 6) is -0.269. The molecule has 0 unspecified atom stereocenters. The molecule has 4 aromatic rings. The first kappa shape index (κ1) is 17.6. The monoisotopic (exact) mass is 379 g/mol. The Balaban J connectivity index is 1.92. The molecule has 4 rings (SSSR count). The summed E-state index contributed by atoms with van der Waals surface area (Å²) in [4.78, 5) is 4.66. The van der Waals surface area contributed by atoms with Gasteiger partial charge in [-0.1, -0.05) is 42.5 Å². The Bertz CT molecular complexity index is 1230. The molecule has 5 nitrogen and oxygen atoms in total. The van der Waals surface area contributed by atoms with Gasteiger partial charge in [-0.05, 0) is 22.9 Å². The van der Waals surface area contributed by atoms with Crippen LogP contribution >= 0.6 is 0 Å². The highest BCUT2D eigenvalue weighted by atomic mass is 32.2. The third-order valence-corrected chi connectivity index (χ3v) is 5.44. The van der Waals surface area contributed by atoms with Gasteiger partial charge in [-0.15, -0.1) is 0 Å². The second-order valence-corrected chi connectivity index (χ2v) is 8.04. The summed E-state index contributed by atoms with van der Waals surface area (Å²) in [7, 11) is -3.98. The smallest absolute Gasteiger partial charge is 0.265 e. The number of hydrogen-bond acceptors (Lipinski definition) is 3. The minimum absolute atomic E-state index is 0.269. The van der Waals surface area contributed by atoms with Crippen molar-refractivity contribution in [1.82, 2.24) is 4.98 Å². The van der Waals surface area contributed by atoms with Gasteiger partial charge >= 0.3 is 0 Å². The average molecular weight is 379 g/mol. The SMILES string of the molecule is O=S(=O)(O)CCC[n+]1ccc2ccccc2c1-c1nccc2ccccc12. The molecule has 0 atom stereocenters. The van der Waals surface area contributed by atoms with Crippen molar-refractivity contribution in [2.75, 3.05) is 5.75 Å². The molecule has 6 heteroatoms. The molecule has 2 aromatic heterocycles. The van der Waals surface area contributed by atoms with Crippen LogP contribution in [0.1, 0.15) is 6.42 Å². The average Bonchev–Trinajstić information content (AvgIpc) is 2.66. The Morgan fingerprint density at radius 2 is 1.56 bits per heavy atom. The quantitative estimate of drug-likeness (QED) is 0.425. The maximum absolute atomic E-state index is 11.1. The Hall–Kier alpha value is -2.83. The number of aromatic nitrogens is 2. The first-order valence-corrected chi connectivity index (χ1v) is 10.3. The fraction of sp³-hybridized carbons (Fsp3) is 0.143. The van der Waals surface area contributed by atoms with Crippen molar-refractivity contribution in [2.24, 2.45) is 0 Å². The second-order valence-electron chi connectivity index (χ2n) is 6.47. The third kappa shape index (κ3) is 3.67. The topological polar surface area (TPSA) is 71.1 Å². The van der Waals surface area contributed by atoms with Crippen LogP contribution in [0.4, 0.5) is 0 Å².